The van der Waals surface area contributed by atoms with E-state index in [9.17, 15) is 9.59 Å². The van der Waals surface area contributed by atoms with E-state index in [0.29, 0.717) is 14.8 Å². The van der Waals surface area contributed by atoms with Crippen molar-refractivity contribution in [3.05, 3.63) is 27.6 Å². The van der Waals surface area contributed by atoms with Crippen molar-refractivity contribution in [2.75, 3.05) is 20.8 Å². The maximum absolute atomic E-state index is 12.0. The number of likely N-dealkylation sites (N-methyl/N-ethyl adjacent to an activating group) is 1. The number of amides is 1. The summed E-state index contributed by atoms with van der Waals surface area (Å²) in [6.07, 6.45) is 1.64. The maximum atomic E-state index is 12.0. The highest BCUT2D eigenvalue weighted by molar-refractivity contribution is 8.26. The number of carbonyl (C=O) groups excluding carboxylic acids is 1. The van der Waals surface area contributed by atoms with Crippen LogP contribution in [0.3, 0.4) is 0 Å². The smallest absolute Gasteiger partial charge is 0.341 e. The summed E-state index contributed by atoms with van der Waals surface area (Å²) in [6, 6.07) is 3.16. The van der Waals surface area contributed by atoms with Crippen LogP contribution in [-0.2, 0) is 9.59 Å². The number of nitrogens with zero attached hydrogens (tertiary/aromatic N) is 1. The fourth-order valence-electron chi connectivity index (χ4n) is 1.79. The highest BCUT2D eigenvalue weighted by Gasteiger charge is 2.28. The van der Waals surface area contributed by atoms with Gasteiger partial charge in [-0.1, -0.05) is 35.6 Å². The molecule has 1 amide bonds. The van der Waals surface area contributed by atoms with Gasteiger partial charge in [0.05, 0.1) is 17.0 Å². The molecular formula is C14H12ClNO5S2. The van der Waals surface area contributed by atoms with Crippen molar-refractivity contribution in [3.8, 4) is 11.5 Å². The second-order valence-electron chi connectivity index (χ2n) is 4.46. The molecule has 6 nitrogen and oxygen atoms in total. The van der Waals surface area contributed by atoms with Gasteiger partial charge in [0, 0.05) is 7.05 Å². The minimum Gasteiger partial charge on any atom is -0.493 e. The largest absolute Gasteiger partial charge is 0.493 e. The van der Waals surface area contributed by atoms with E-state index in [4.69, 9.17) is 38.4 Å². The van der Waals surface area contributed by atoms with E-state index >= 15 is 0 Å². The highest BCUT2D eigenvalue weighted by Crippen LogP contribution is 2.38. The van der Waals surface area contributed by atoms with Crippen LogP contribution in [0.5, 0.6) is 11.5 Å². The number of methoxy groups -OCH3 is 1. The summed E-state index contributed by atoms with van der Waals surface area (Å²) < 4.78 is 10.8. The van der Waals surface area contributed by atoms with Gasteiger partial charge < -0.3 is 14.6 Å². The van der Waals surface area contributed by atoms with Crippen LogP contribution >= 0.6 is 35.6 Å². The lowest BCUT2D eigenvalue weighted by Crippen LogP contribution is -2.22. The fraction of sp³-hybridized carbons (Fsp3) is 0.214. The van der Waals surface area contributed by atoms with Crippen molar-refractivity contribution in [1.29, 1.82) is 0 Å². The molecule has 1 aromatic rings. The van der Waals surface area contributed by atoms with Crippen LogP contribution in [0.1, 0.15) is 5.56 Å². The van der Waals surface area contributed by atoms with Gasteiger partial charge >= 0.3 is 5.97 Å². The third-order valence-corrected chi connectivity index (χ3v) is 4.64. The molecule has 1 aliphatic rings. The molecule has 0 spiro atoms. The Morgan fingerprint density at radius 1 is 1.52 bits per heavy atom. The average Bonchev–Trinajstić information content (AvgIpc) is 2.72. The van der Waals surface area contributed by atoms with Gasteiger partial charge in [0.2, 0.25) is 0 Å². The van der Waals surface area contributed by atoms with E-state index in [2.05, 4.69) is 0 Å². The molecule has 122 valence electrons. The van der Waals surface area contributed by atoms with Gasteiger partial charge in [-0.25, -0.2) is 4.79 Å². The fourth-order valence-corrected chi connectivity index (χ4v) is 3.25. The van der Waals surface area contributed by atoms with Crippen LogP contribution in [0.2, 0.25) is 5.02 Å². The number of hydrogen-bond acceptors (Lipinski definition) is 6. The summed E-state index contributed by atoms with van der Waals surface area (Å²) in [6.45, 7) is -0.538. The first-order valence-corrected chi connectivity index (χ1v) is 7.87. The summed E-state index contributed by atoms with van der Waals surface area (Å²) >= 11 is 12.4. The monoisotopic (exact) mass is 373 g/mol. The Labute approximate surface area is 147 Å². The lowest BCUT2D eigenvalue weighted by molar-refractivity contribution is -0.139. The molecule has 1 fully saturated rings. The van der Waals surface area contributed by atoms with Crippen LogP contribution in [0.25, 0.3) is 6.08 Å². The molecule has 1 aliphatic heterocycles. The third kappa shape index (κ3) is 3.95. The van der Waals surface area contributed by atoms with Crippen molar-refractivity contribution in [2.24, 2.45) is 0 Å². The van der Waals surface area contributed by atoms with Crippen LogP contribution in [-0.4, -0.2) is 47.0 Å². The molecule has 0 aliphatic carbocycles. The molecule has 0 unspecified atom stereocenters. The Morgan fingerprint density at radius 2 is 2.22 bits per heavy atom. The first kappa shape index (κ1) is 17.6. The van der Waals surface area contributed by atoms with E-state index in [1.54, 1.807) is 25.3 Å². The van der Waals surface area contributed by atoms with Crippen LogP contribution < -0.4 is 9.47 Å². The Bertz CT molecular complexity index is 719. The number of rotatable bonds is 5. The molecule has 1 aromatic carbocycles. The highest BCUT2D eigenvalue weighted by atomic mass is 35.5. The Kier molecular flexibility index (Phi) is 5.51. The molecule has 0 atom stereocenters. The van der Waals surface area contributed by atoms with Gasteiger partial charge in [-0.05, 0) is 23.8 Å². The van der Waals surface area contributed by atoms with Gasteiger partial charge in [0.1, 0.15) is 4.32 Å². The number of carboxylic acid groups (broad SMARTS) is 1. The van der Waals surface area contributed by atoms with Crippen LogP contribution in [0.4, 0.5) is 0 Å². The van der Waals surface area contributed by atoms with Crippen molar-refractivity contribution >= 4 is 57.9 Å². The first-order valence-electron chi connectivity index (χ1n) is 6.27. The second-order valence-corrected chi connectivity index (χ2v) is 6.54. The molecule has 23 heavy (non-hydrogen) atoms. The van der Waals surface area contributed by atoms with Crippen LogP contribution in [0.15, 0.2) is 17.0 Å². The predicted molar refractivity (Wildman–Crippen MR) is 92.1 cm³/mol. The van der Waals surface area contributed by atoms with Crippen molar-refractivity contribution in [2.45, 2.75) is 0 Å². The summed E-state index contributed by atoms with van der Waals surface area (Å²) in [4.78, 5) is 24.5. The zero-order valence-electron chi connectivity index (χ0n) is 12.2. The molecular weight excluding hydrogens is 362 g/mol. The minimum absolute atomic E-state index is 0.136. The molecule has 0 bridgehead atoms. The van der Waals surface area contributed by atoms with E-state index in [0.717, 1.165) is 0 Å². The summed E-state index contributed by atoms with van der Waals surface area (Å²) in [5.41, 5.74) is 0.614. The van der Waals surface area contributed by atoms with Gasteiger partial charge in [-0.3, -0.25) is 9.69 Å². The molecule has 0 aromatic heterocycles. The Balaban J connectivity index is 2.35. The zero-order valence-corrected chi connectivity index (χ0v) is 14.5. The molecule has 0 radical (unpaired) electrons. The van der Waals surface area contributed by atoms with E-state index in [1.807, 2.05) is 0 Å². The van der Waals surface area contributed by atoms with Crippen molar-refractivity contribution in [3.63, 3.8) is 0 Å². The van der Waals surface area contributed by atoms with E-state index in [-0.39, 0.29) is 22.4 Å². The van der Waals surface area contributed by atoms with Crippen LogP contribution in [0, 0.1) is 0 Å². The topological polar surface area (TPSA) is 76.1 Å². The molecule has 2 rings (SSSR count). The van der Waals surface area contributed by atoms with E-state index < -0.39 is 12.6 Å². The van der Waals surface area contributed by atoms with Gasteiger partial charge in [0.25, 0.3) is 5.91 Å². The molecule has 1 heterocycles. The quantitative estimate of drug-likeness (QED) is 0.628. The molecule has 9 heteroatoms. The Hall–Kier alpha value is -1.77. The average molecular weight is 374 g/mol. The number of carboxylic acids is 1. The normalized spacial score (nSPS) is 16.1. The summed E-state index contributed by atoms with van der Waals surface area (Å²) in [5, 5.41) is 8.86. The molecule has 0 saturated carbocycles. The number of ether oxygens (including phenoxy) is 2. The number of hydrogen-bond donors (Lipinski definition) is 1. The van der Waals surface area contributed by atoms with Gasteiger partial charge in [0.15, 0.2) is 18.1 Å². The van der Waals surface area contributed by atoms with Crippen molar-refractivity contribution in [1.82, 2.24) is 4.90 Å². The second kappa shape index (κ2) is 7.20. The maximum Gasteiger partial charge on any atom is 0.341 e. The zero-order chi connectivity index (χ0) is 17.1. The number of carbonyl (C=O) groups is 2. The van der Waals surface area contributed by atoms with Gasteiger partial charge in [-0.15, -0.1) is 0 Å². The molecule has 1 N–H and O–H groups in total. The van der Waals surface area contributed by atoms with Crippen molar-refractivity contribution < 1.29 is 24.2 Å². The number of thioether (sulfide) groups is 1. The lowest BCUT2D eigenvalue weighted by atomic mass is 10.2. The predicted octanol–water partition coefficient (Wildman–Crippen LogP) is 2.64. The lowest BCUT2D eigenvalue weighted by Gasteiger charge is -2.12. The summed E-state index contributed by atoms with van der Waals surface area (Å²) in [7, 11) is 3.02. The number of aliphatic carboxylic acids is 1. The first-order chi connectivity index (χ1) is 10.8. The molecule has 1 saturated heterocycles. The van der Waals surface area contributed by atoms with Gasteiger partial charge in [-0.2, -0.15) is 0 Å². The number of benzene rings is 1. The number of thiocarbonyl (C=S) groups is 1. The minimum atomic E-state index is -1.13. The third-order valence-electron chi connectivity index (χ3n) is 2.88. The Morgan fingerprint density at radius 3 is 2.74 bits per heavy atom. The SMILES string of the molecule is COc1cc(C=C2SC(=S)N(C)C2=O)cc(Cl)c1OCC(=O)O. The summed E-state index contributed by atoms with van der Waals surface area (Å²) in [5.74, 6) is -0.908. The standard InChI is InChI=1S/C14H12ClNO5S2/c1-16-13(19)10(23-14(16)22)5-7-3-8(15)12(9(4-7)20-2)21-6-11(17)18/h3-5H,6H2,1-2H3,(H,17,18). The number of halogens is 1. The van der Waals surface area contributed by atoms with E-state index in [1.165, 1.54) is 23.8 Å².